The minimum absolute atomic E-state index is 0.346. The molecule has 0 spiro atoms. The third-order valence-electron chi connectivity index (χ3n) is 1.73. The molecule has 2 heterocycles. The summed E-state index contributed by atoms with van der Waals surface area (Å²) in [6.45, 7) is 1.36. The van der Waals surface area contributed by atoms with Gasteiger partial charge in [0.2, 0.25) is 0 Å². The zero-order valence-corrected chi connectivity index (χ0v) is 7.60. The minimum Gasteiger partial charge on any atom is -0.426 e. The van der Waals surface area contributed by atoms with Crippen molar-refractivity contribution in [3.8, 4) is 5.75 Å². The van der Waals surface area contributed by atoms with E-state index < -0.39 is 0 Å². The van der Waals surface area contributed by atoms with E-state index in [9.17, 15) is 4.79 Å². The summed E-state index contributed by atoms with van der Waals surface area (Å²) in [6, 6.07) is 5.23. The summed E-state index contributed by atoms with van der Waals surface area (Å²) < 4.78 is 5.01. The summed E-state index contributed by atoms with van der Waals surface area (Å²) in [5.74, 6) is 0.150. The van der Waals surface area contributed by atoms with Crippen LogP contribution in [0.5, 0.6) is 5.75 Å². The molecule has 70 valence electrons. The maximum atomic E-state index is 10.8. The second-order valence-electron chi connectivity index (χ2n) is 2.78. The molecule has 0 saturated heterocycles. The highest BCUT2D eigenvalue weighted by Crippen LogP contribution is 2.21. The number of ether oxygens (including phenoxy) is 1. The summed E-state index contributed by atoms with van der Waals surface area (Å²) in [4.78, 5) is 18.9. The van der Waals surface area contributed by atoms with Crippen LogP contribution in [0.1, 0.15) is 6.92 Å². The number of carbonyl (C=O) groups is 1. The molecule has 0 fully saturated rings. The number of aromatic nitrogens is 2. The second kappa shape index (κ2) is 3.41. The average Bonchev–Trinajstić information content (AvgIpc) is 2.18. The monoisotopic (exact) mass is 188 g/mol. The van der Waals surface area contributed by atoms with E-state index in [1.807, 2.05) is 6.07 Å². The number of hydrogen-bond donors (Lipinski definition) is 0. The molecule has 0 aliphatic heterocycles. The van der Waals surface area contributed by atoms with E-state index in [4.69, 9.17) is 4.74 Å². The number of esters is 1. The Bertz CT molecular complexity index is 477. The Morgan fingerprint density at radius 2 is 2.07 bits per heavy atom. The van der Waals surface area contributed by atoms with E-state index in [1.165, 1.54) is 6.92 Å². The van der Waals surface area contributed by atoms with Crippen LogP contribution in [0, 0.1) is 0 Å². The Hall–Kier alpha value is -1.97. The lowest BCUT2D eigenvalue weighted by atomic mass is 10.3. The van der Waals surface area contributed by atoms with E-state index >= 15 is 0 Å². The van der Waals surface area contributed by atoms with Crippen LogP contribution in [-0.2, 0) is 4.79 Å². The van der Waals surface area contributed by atoms with Crippen LogP contribution in [0.2, 0.25) is 0 Å². The van der Waals surface area contributed by atoms with Crippen molar-refractivity contribution in [2.24, 2.45) is 0 Å². The molecule has 2 aromatic heterocycles. The summed E-state index contributed by atoms with van der Waals surface area (Å²) in [5.41, 5.74) is 0.575. The van der Waals surface area contributed by atoms with Crippen LogP contribution in [0.25, 0.3) is 11.0 Å². The fraction of sp³-hybridized carbons (Fsp3) is 0.100. The smallest absolute Gasteiger partial charge is 0.308 e. The number of hydrogen-bond acceptors (Lipinski definition) is 4. The molecule has 2 rings (SSSR count). The SMILES string of the molecule is CC(=O)Oc1ccnc2ncccc12. The zero-order chi connectivity index (χ0) is 9.97. The van der Waals surface area contributed by atoms with Crippen LogP contribution in [0.4, 0.5) is 0 Å². The molecule has 0 saturated carbocycles. The van der Waals surface area contributed by atoms with Crippen LogP contribution in [0.3, 0.4) is 0 Å². The fourth-order valence-corrected chi connectivity index (χ4v) is 1.20. The van der Waals surface area contributed by atoms with Gasteiger partial charge in [0, 0.05) is 25.4 Å². The van der Waals surface area contributed by atoms with Gasteiger partial charge in [-0.15, -0.1) is 0 Å². The van der Waals surface area contributed by atoms with Crippen molar-refractivity contribution < 1.29 is 9.53 Å². The van der Waals surface area contributed by atoms with Crippen LogP contribution in [-0.4, -0.2) is 15.9 Å². The number of pyridine rings is 2. The molecular formula is C10H8N2O2. The number of nitrogens with zero attached hydrogens (tertiary/aromatic N) is 2. The predicted molar refractivity (Wildman–Crippen MR) is 50.8 cm³/mol. The summed E-state index contributed by atoms with van der Waals surface area (Å²) in [5, 5.41) is 0.741. The van der Waals surface area contributed by atoms with Crippen molar-refractivity contribution in [3.63, 3.8) is 0 Å². The van der Waals surface area contributed by atoms with E-state index in [0.717, 1.165) is 5.39 Å². The second-order valence-corrected chi connectivity index (χ2v) is 2.78. The molecule has 4 nitrogen and oxygen atoms in total. The maximum Gasteiger partial charge on any atom is 0.308 e. The summed E-state index contributed by atoms with van der Waals surface area (Å²) in [6.07, 6.45) is 3.21. The first-order valence-electron chi connectivity index (χ1n) is 4.15. The largest absolute Gasteiger partial charge is 0.426 e. The van der Waals surface area contributed by atoms with E-state index in [1.54, 1.807) is 24.5 Å². The van der Waals surface area contributed by atoms with Crippen LogP contribution in [0.15, 0.2) is 30.6 Å². The van der Waals surface area contributed by atoms with Gasteiger partial charge in [0.25, 0.3) is 0 Å². The molecule has 0 aliphatic rings. The molecule has 4 heteroatoms. The van der Waals surface area contributed by atoms with Gasteiger partial charge in [-0.3, -0.25) is 4.79 Å². The quantitative estimate of drug-likeness (QED) is 0.637. The molecule has 0 unspecified atom stereocenters. The van der Waals surface area contributed by atoms with Gasteiger partial charge < -0.3 is 4.74 Å². The molecule has 0 radical (unpaired) electrons. The van der Waals surface area contributed by atoms with E-state index in [2.05, 4.69) is 9.97 Å². The van der Waals surface area contributed by atoms with Gasteiger partial charge in [-0.05, 0) is 12.1 Å². The standard InChI is InChI=1S/C10H8N2O2/c1-7(13)14-9-4-6-12-10-8(9)3-2-5-11-10/h2-6H,1H3. The molecule has 14 heavy (non-hydrogen) atoms. The Morgan fingerprint density at radius 3 is 2.86 bits per heavy atom. The van der Waals surface area contributed by atoms with Gasteiger partial charge in [-0.2, -0.15) is 0 Å². The normalized spacial score (nSPS) is 10.1. The summed E-state index contributed by atoms with van der Waals surface area (Å²) in [7, 11) is 0. The van der Waals surface area contributed by atoms with Crippen LogP contribution >= 0.6 is 0 Å². The van der Waals surface area contributed by atoms with Gasteiger partial charge >= 0.3 is 5.97 Å². The molecule has 0 N–H and O–H groups in total. The number of carbonyl (C=O) groups excluding carboxylic acids is 1. The van der Waals surface area contributed by atoms with Gasteiger partial charge in [-0.1, -0.05) is 0 Å². The molecule has 0 amide bonds. The maximum absolute atomic E-state index is 10.8. The Labute approximate surface area is 80.6 Å². The van der Waals surface area contributed by atoms with Gasteiger partial charge in [-0.25, -0.2) is 9.97 Å². The highest BCUT2D eigenvalue weighted by atomic mass is 16.5. The highest BCUT2D eigenvalue weighted by molar-refractivity contribution is 5.84. The van der Waals surface area contributed by atoms with Crippen molar-refractivity contribution in [3.05, 3.63) is 30.6 Å². The first-order valence-corrected chi connectivity index (χ1v) is 4.15. The lowest BCUT2D eigenvalue weighted by molar-refractivity contribution is -0.131. The Morgan fingerprint density at radius 1 is 1.29 bits per heavy atom. The summed E-state index contributed by atoms with van der Waals surface area (Å²) >= 11 is 0. The van der Waals surface area contributed by atoms with Crippen molar-refractivity contribution in [2.45, 2.75) is 6.92 Å². The average molecular weight is 188 g/mol. The van der Waals surface area contributed by atoms with Gasteiger partial charge in [0.15, 0.2) is 5.65 Å². The minimum atomic E-state index is -0.346. The third kappa shape index (κ3) is 1.54. The van der Waals surface area contributed by atoms with Crippen molar-refractivity contribution in [2.75, 3.05) is 0 Å². The topological polar surface area (TPSA) is 52.1 Å². The Kier molecular flexibility index (Phi) is 2.10. The lowest BCUT2D eigenvalue weighted by Gasteiger charge is -2.03. The molecule has 0 atom stereocenters. The van der Waals surface area contributed by atoms with Crippen LogP contribution < -0.4 is 4.74 Å². The lowest BCUT2D eigenvalue weighted by Crippen LogP contribution is -2.02. The highest BCUT2D eigenvalue weighted by Gasteiger charge is 2.04. The third-order valence-corrected chi connectivity index (χ3v) is 1.73. The number of rotatable bonds is 1. The molecular weight excluding hydrogens is 180 g/mol. The first kappa shape index (κ1) is 8.62. The first-order chi connectivity index (χ1) is 6.77. The zero-order valence-electron chi connectivity index (χ0n) is 7.60. The van der Waals surface area contributed by atoms with E-state index in [0.29, 0.717) is 11.4 Å². The van der Waals surface area contributed by atoms with E-state index in [-0.39, 0.29) is 5.97 Å². The molecule has 0 aromatic carbocycles. The predicted octanol–water partition coefficient (Wildman–Crippen LogP) is 1.56. The number of fused-ring (bicyclic) bond motifs is 1. The molecule has 0 aliphatic carbocycles. The van der Waals surface area contributed by atoms with Gasteiger partial charge in [0.1, 0.15) is 5.75 Å². The van der Waals surface area contributed by atoms with Crippen molar-refractivity contribution in [1.29, 1.82) is 0 Å². The fourth-order valence-electron chi connectivity index (χ4n) is 1.20. The Balaban J connectivity index is 2.59. The molecule has 0 bridgehead atoms. The van der Waals surface area contributed by atoms with Crippen molar-refractivity contribution in [1.82, 2.24) is 9.97 Å². The van der Waals surface area contributed by atoms with Crippen molar-refractivity contribution >= 4 is 17.0 Å². The molecule has 2 aromatic rings. The van der Waals surface area contributed by atoms with Gasteiger partial charge in [0.05, 0.1) is 5.39 Å².